The fourth-order valence-electron chi connectivity index (χ4n) is 0.635. The van der Waals surface area contributed by atoms with Crippen LogP contribution in [0.2, 0.25) is 0 Å². The Bertz CT molecular complexity index is 102. The van der Waals surface area contributed by atoms with E-state index in [2.05, 4.69) is 0 Å². The molecule has 66 valence electrons. The predicted octanol–water partition coefficient (Wildman–Crippen LogP) is 1.37. The first-order valence-electron chi connectivity index (χ1n) is 4.04. The van der Waals surface area contributed by atoms with Crippen molar-refractivity contribution in [1.29, 1.82) is 0 Å². The molecule has 0 unspecified atom stereocenters. The molecule has 0 aromatic rings. The molecule has 0 amide bonds. The van der Waals surface area contributed by atoms with Crippen molar-refractivity contribution in [1.82, 2.24) is 0 Å². The lowest BCUT2D eigenvalue weighted by Gasteiger charge is -2.02. The Labute approximate surface area is 67.7 Å². The highest BCUT2D eigenvalue weighted by Gasteiger charge is 1.98. The van der Waals surface area contributed by atoms with Gasteiger partial charge in [-0.1, -0.05) is 6.92 Å². The van der Waals surface area contributed by atoms with Crippen LogP contribution in [0.15, 0.2) is 0 Å². The predicted molar refractivity (Wildman–Crippen MR) is 42.4 cm³/mol. The Kier molecular flexibility index (Phi) is 7.15. The zero-order valence-corrected chi connectivity index (χ0v) is 7.26. The minimum absolute atomic E-state index is 0.132. The molecule has 0 aliphatic carbocycles. The molecule has 0 saturated carbocycles. The fourth-order valence-corrected chi connectivity index (χ4v) is 0.635. The van der Waals surface area contributed by atoms with Crippen molar-refractivity contribution in [2.75, 3.05) is 19.8 Å². The molecule has 3 heteroatoms. The highest BCUT2D eigenvalue weighted by molar-refractivity contribution is 5.69. The zero-order valence-electron chi connectivity index (χ0n) is 7.26. The van der Waals surface area contributed by atoms with E-state index in [9.17, 15) is 4.79 Å². The summed E-state index contributed by atoms with van der Waals surface area (Å²) in [5.41, 5.74) is 0. The molecular weight excluding hydrogens is 144 g/mol. The lowest BCUT2D eigenvalue weighted by Crippen LogP contribution is -2.09. The second-order valence-electron chi connectivity index (χ2n) is 2.17. The number of ether oxygens (including phenoxy) is 2. The van der Waals surface area contributed by atoms with E-state index in [0.717, 1.165) is 6.42 Å². The maximum absolute atomic E-state index is 10.7. The number of carbonyl (C=O) groups is 1. The van der Waals surface area contributed by atoms with E-state index >= 15 is 0 Å². The van der Waals surface area contributed by atoms with Crippen LogP contribution in [-0.4, -0.2) is 25.8 Å². The minimum Gasteiger partial charge on any atom is -0.463 e. The topological polar surface area (TPSA) is 35.5 Å². The molecule has 0 spiro atoms. The Hall–Kier alpha value is -0.570. The van der Waals surface area contributed by atoms with E-state index in [1.165, 1.54) is 0 Å². The van der Waals surface area contributed by atoms with Gasteiger partial charge in [0.25, 0.3) is 0 Å². The van der Waals surface area contributed by atoms with Gasteiger partial charge in [-0.25, -0.2) is 0 Å². The van der Waals surface area contributed by atoms with Gasteiger partial charge in [-0.3, -0.25) is 4.79 Å². The summed E-state index contributed by atoms with van der Waals surface area (Å²) >= 11 is 0. The largest absolute Gasteiger partial charge is 0.463 e. The standard InChI is InChI=1S/C8H16O3/c1-3-5-8(9)11-7-6-10-4-2/h3-7H2,1-2H3. The molecule has 11 heavy (non-hydrogen) atoms. The van der Waals surface area contributed by atoms with Crippen molar-refractivity contribution < 1.29 is 14.3 Å². The first-order chi connectivity index (χ1) is 5.31. The summed E-state index contributed by atoms with van der Waals surface area (Å²) in [7, 11) is 0. The molecule has 0 aromatic heterocycles. The van der Waals surface area contributed by atoms with Crippen LogP contribution in [0.3, 0.4) is 0 Å². The molecule has 0 atom stereocenters. The molecule has 0 saturated heterocycles. The van der Waals surface area contributed by atoms with E-state index in [1.807, 2.05) is 13.8 Å². The smallest absolute Gasteiger partial charge is 0.305 e. The summed E-state index contributed by atoms with van der Waals surface area (Å²) in [5, 5.41) is 0. The van der Waals surface area contributed by atoms with Gasteiger partial charge in [0, 0.05) is 13.0 Å². The average Bonchev–Trinajstić information content (AvgIpc) is 1.99. The van der Waals surface area contributed by atoms with Crippen LogP contribution in [0.1, 0.15) is 26.7 Å². The van der Waals surface area contributed by atoms with Crippen LogP contribution < -0.4 is 0 Å². The van der Waals surface area contributed by atoms with Gasteiger partial charge < -0.3 is 9.47 Å². The Morgan fingerprint density at radius 3 is 2.55 bits per heavy atom. The molecule has 0 aromatic carbocycles. The van der Waals surface area contributed by atoms with Gasteiger partial charge in [-0.15, -0.1) is 0 Å². The number of rotatable bonds is 6. The maximum Gasteiger partial charge on any atom is 0.305 e. The number of esters is 1. The van der Waals surface area contributed by atoms with E-state index < -0.39 is 0 Å². The van der Waals surface area contributed by atoms with Crippen molar-refractivity contribution in [2.45, 2.75) is 26.7 Å². The third kappa shape index (κ3) is 7.33. The molecule has 0 aliphatic rings. The molecule has 0 radical (unpaired) electrons. The maximum atomic E-state index is 10.7. The second kappa shape index (κ2) is 7.54. The number of carbonyl (C=O) groups excluding carboxylic acids is 1. The highest BCUT2D eigenvalue weighted by Crippen LogP contribution is 1.90. The first-order valence-corrected chi connectivity index (χ1v) is 4.04. The van der Waals surface area contributed by atoms with Gasteiger partial charge in [0.15, 0.2) is 0 Å². The van der Waals surface area contributed by atoms with Crippen molar-refractivity contribution in [2.24, 2.45) is 0 Å². The SMILES string of the molecule is CCCC(=O)OCCOCC. The monoisotopic (exact) mass is 160 g/mol. The van der Waals surface area contributed by atoms with Crippen LogP contribution in [0.25, 0.3) is 0 Å². The van der Waals surface area contributed by atoms with Crippen LogP contribution in [0, 0.1) is 0 Å². The van der Waals surface area contributed by atoms with Gasteiger partial charge in [0.05, 0.1) is 6.61 Å². The number of hydrogen-bond donors (Lipinski definition) is 0. The van der Waals surface area contributed by atoms with E-state index in [1.54, 1.807) is 0 Å². The van der Waals surface area contributed by atoms with Crippen molar-refractivity contribution in [3.63, 3.8) is 0 Å². The Morgan fingerprint density at radius 1 is 1.27 bits per heavy atom. The van der Waals surface area contributed by atoms with Crippen LogP contribution in [0.5, 0.6) is 0 Å². The molecule has 0 fully saturated rings. The van der Waals surface area contributed by atoms with Crippen LogP contribution >= 0.6 is 0 Å². The molecule has 0 rings (SSSR count). The molecule has 0 aliphatic heterocycles. The van der Waals surface area contributed by atoms with E-state index in [-0.39, 0.29) is 5.97 Å². The third-order valence-electron chi connectivity index (χ3n) is 1.15. The summed E-state index contributed by atoms with van der Waals surface area (Å²) in [6, 6.07) is 0. The molecule has 3 nitrogen and oxygen atoms in total. The molecule has 0 N–H and O–H groups in total. The van der Waals surface area contributed by atoms with E-state index in [4.69, 9.17) is 9.47 Å². The minimum atomic E-state index is -0.132. The van der Waals surface area contributed by atoms with Crippen molar-refractivity contribution >= 4 is 5.97 Å². The fraction of sp³-hybridized carbons (Fsp3) is 0.875. The molecule has 0 heterocycles. The summed E-state index contributed by atoms with van der Waals surface area (Å²) in [6.07, 6.45) is 1.35. The molecule has 0 bridgehead atoms. The van der Waals surface area contributed by atoms with Crippen molar-refractivity contribution in [3.05, 3.63) is 0 Å². The summed E-state index contributed by atoms with van der Waals surface area (Å²) in [4.78, 5) is 10.7. The quantitative estimate of drug-likeness (QED) is 0.435. The Balaban J connectivity index is 3.04. The highest BCUT2D eigenvalue weighted by atomic mass is 16.6. The second-order valence-corrected chi connectivity index (χ2v) is 2.17. The lowest BCUT2D eigenvalue weighted by atomic mass is 10.3. The zero-order chi connectivity index (χ0) is 8.53. The van der Waals surface area contributed by atoms with Gasteiger partial charge in [0.2, 0.25) is 0 Å². The van der Waals surface area contributed by atoms with E-state index in [0.29, 0.717) is 26.2 Å². The average molecular weight is 160 g/mol. The van der Waals surface area contributed by atoms with Gasteiger partial charge >= 0.3 is 5.97 Å². The number of hydrogen-bond acceptors (Lipinski definition) is 3. The Morgan fingerprint density at radius 2 is 2.00 bits per heavy atom. The van der Waals surface area contributed by atoms with Crippen LogP contribution in [-0.2, 0) is 14.3 Å². The van der Waals surface area contributed by atoms with Crippen molar-refractivity contribution in [3.8, 4) is 0 Å². The third-order valence-corrected chi connectivity index (χ3v) is 1.15. The normalized spacial score (nSPS) is 9.64. The van der Waals surface area contributed by atoms with Crippen LogP contribution in [0.4, 0.5) is 0 Å². The summed E-state index contributed by atoms with van der Waals surface area (Å²) in [5.74, 6) is -0.132. The van der Waals surface area contributed by atoms with Gasteiger partial charge in [-0.05, 0) is 13.3 Å². The molecular formula is C8H16O3. The first kappa shape index (κ1) is 10.4. The summed E-state index contributed by atoms with van der Waals surface area (Å²) < 4.78 is 9.81. The lowest BCUT2D eigenvalue weighted by molar-refractivity contribution is -0.145. The van der Waals surface area contributed by atoms with Gasteiger partial charge in [-0.2, -0.15) is 0 Å². The summed E-state index contributed by atoms with van der Waals surface area (Å²) in [6.45, 7) is 5.42. The van der Waals surface area contributed by atoms with Gasteiger partial charge in [0.1, 0.15) is 6.61 Å².